The van der Waals surface area contributed by atoms with E-state index in [1.807, 2.05) is 23.9 Å². The van der Waals surface area contributed by atoms with Crippen LogP contribution in [0.25, 0.3) is 0 Å². The highest BCUT2D eigenvalue weighted by atomic mass is 79.9. The highest BCUT2D eigenvalue weighted by Crippen LogP contribution is 2.23. The van der Waals surface area contributed by atoms with Gasteiger partial charge in [0, 0.05) is 28.8 Å². The van der Waals surface area contributed by atoms with Crippen molar-refractivity contribution in [3.8, 4) is 0 Å². The smallest absolute Gasteiger partial charge is 0.0553 e. The van der Waals surface area contributed by atoms with E-state index in [4.69, 9.17) is 10.5 Å². The van der Waals surface area contributed by atoms with Gasteiger partial charge in [-0.2, -0.15) is 11.8 Å². The summed E-state index contributed by atoms with van der Waals surface area (Å²) in [4.78, 5) is 0. The lowest BCUT2D eigenvalue weighted by Crippen LogP contribution is -1.93. The summed E-state index contributed by atoms with van der Waals surface area (Å²) in [6, 6.07) is 5.92. The Bertz CT molecular complexity index is 293. The maximum absolute atomic E-state index is 5.65. The zero-order chi connectivity index (χ0) is 10.4. The van der Waals surface area contributed by atoms with Gasteiger partial charge in [0.15, 0.2) is 0 Å². The molecule has 0 heterocycles. The molecule has 0 amide bonds. The van der Waals surface area contributed by atoms with Crippen molar-refractivity contribution in [1.82, 2.24) is 0 Å². The van der Waals surface area contributed by atoms with Crippen molar-refractivity contribution in [3.63, 3.8) is 0 Å². The Morgan fingerprint density at radius 1 is 1.50 bits per heavy atom. The fraction of sp³-hybridized carbons (Fsp3) is 0.400. The molecule has 4 heteroatoms. The quantitative estimate of drug-likeness (QED) is 0.663. The van der Waals surface area contributed by atoms with Crippen LogP contribution in [0.3, 0.4) is 0 Å². The highest BCUT2D eigenvalue weighted by Gasteiger charge is 1.99. The summed E-state index contributed by atoms with van der Waals surface area (Å²) < 4.78 is 6.06. The molecule has 0 saturated heterocycles. The maximum atomic E-state index is 5.65. The second kappa shape index (κ2) is 6.32. The molecule has 2 nitrogen and oxygen atoms in total. The van der Waals surface area contributed by atoms with Gasteiger partial charge < -0.3 is 10.5 Å². The predicted molar refractivity (Wildman–Crippen MR) is 66.6 cm³/mol. The van der Waals surface area contributed by atoms with E-state index in [0.29, 0.717) is 0 Å². The van der Waals surface area contributed by atoms with Crippen molar-refractivity contribution in [2.75, 3.05) is 25.2 Å². The first-order valence-corrected chi connectivity index (χ1v) is 6.29. The van der Waals surface area contributed by atoms with E-state index in [2.05, 4.69) is 22.0 Å². The van der Waals surface area contributed by atoms with E-state index in [-0.39, 0.29) is 0 Å². The van der Waals surface area contributed by atoms with E-state index in [0.717, 1.165) is 28.3 Å². The fourth-order valence-corrected chi connectivity index (χ4v) is 2.63. The van der Waals surface area contributed by atoms with E-state index in [1.54, 1.807) is 7.11 Å². The molecule has 0 fully saturated rings. The minimum absolute atomic E-state index is 0.794. The third-order valence-corrected chi connectivity index (χ3v) is 3.48. The summed E-state index contributed by atoms with van der Waals surface area (Å²) in [7, 11) is 1.72. The molecule has 0 aliphatic rings. The summed E-state index contributed by atoms with van der Waals surface area (Å²) in [5.41, 5.74) is 7.72. The summed E-state index contributed by atoms with van der Waals surface area (Å²) in [5, 5.41) is 0. The van der Waals surface area contributed by atoms with Gasteiger partial charge in [-0.15, -0.1) is 0 Å². The number of hydrogen-bond donors (Lipinski definition) is 1. The molecule has 1 aromatic carbocycles. The molecule has 1 aromatic rings. The third-order valence-electron chi connectivity index (χ3n) is 1.77. The first-order chi connectivity index (χ1) is 6.74. The van der Waals surface area contributed by atoms with Crippen LogP contribution in [0.1, 0.15) is 5.56 Å². The molecular formula is C10H14BrNOS. The average Bonchev–Trinajstić information content (AvgIpc) is 2.15. The van der Waals surface area contributed by atoms with Gasteiger partial charge in [-0.25, -0.2) is 0 Å². The van der Waals surface area contributed by atoms with Crippen LogP contribution in [0.5, 0.6) is 0 Å². The summed E-state index contributed by atoms with van der Waals surface area (Å²) in [6.07, 6.45) is 0. The fourth-order valence-electron chi connectivity index (χ4n) is 1.01. The minimum Gasteiger partial charge on any atom is -0.399 e. The molecule has 1 rings (SSSR count). The molecule has 0 bridgehead atoms. The van der Waals surface area contributed by atoms with Gasteiger partial charge in [-0.1, -0.05) is 22.0 Å². The maximum Gasteiger partial charge on any atom is 0.0553 e. The number of hydrogen-bond acceptors (Lipinski definition) is 3. The molecular weight excluding hydrogens is 262 g/mol. The highest BCUT2D eigenvalue weighted by molar-refractivity contribution is 9.10. The van der Waals surface area contributed by atoms with E-state index in [1.165, 1.54) is 5.56 Å². The second-order valence-corrected chi connectivity index (χ2v) is 4.86. The number of ether oxygens (including phenoxy) is 1. The van der Waals surface area contributed by atoms with Gasteiger partial charge in [0.1, 0.15) is 0 Å². The lowest BCUT2D eigenvalue weighted by atomic mass is 10.2. The van der Waals surface area contributed by atoms with Crippen molar-refractivity contribution in [2.45, 2.75) is 5.75 Å². The molecule has 0 aliphatic heterocycles. The first kappa shape index (κ1) is 11.9. The number of thioether (sulfide) groups is 1. The van der Waals surface area contributed by atoms with Crippen molar-refractivity contribution in [3.05, 3.63) is 28.2 Å². The van der Waals surface area contributed by atoms with Gasteiger partial charge in [0.05, 0.1) is 6.61 Å². The Morgan fingerprint density at radius 3 is 2.93 bits per heavy atom. The van der Waals surface area contributed by atoms with Crippen molar-refractivity contribution in [1.29, 1.82) is 0 Å². The van der Waals surface area contributed by atoms with E-state index < -0.39 is 0 Å². The summed E-state index contributed by atoms with van der Waals surface area (Å²) >= 11 is 5.35. The molecule has 0 saturated carbocycles. The summed E-state index contributed by atoms with van der Waals surface area (Å²) in [5.74, 6) is 2.01. The Labute approximate surface area is 97.3 Å². The number of rotatable bonds is 5. The molecule has 0 spiro atoms. The van der Waals surface area contributed by atoms with E-state index >= 15 is 0 Å². The molecule has 78 valence electrons. The molecule has 14 heavy (non-hydrogen) atoms. The average molecular weight is 276 g/mol. The van der Waals surface area contributed by atoms with Crippen molar-refractivity contribution < 1.29 is 4.74 Å². The van der Waals surface area contributed by atoms with Crippen LogP contribution in [0.2, 0.25) is 0 Å². The normalized spacial score (nSPS) is 10.4. The number of benzene rings is 1. The van der Waals surface area contributed by atoms with Crippen LogP contribution in [0.4, 0.5) is 5.69 Å². The second-order valence-electron chi connectivity index (χ2n) is 2.90. The largest absolute Gasteiger partial charge is 0.399 e. The van der Waals surface area contributed by atoms with Crippen LogP contribution < -0.4 is 5.73 Å². The monoisotopic (exact) mass is 275 g/mol. The van der Waals surface area contributed by atoms with Gasteiger partial charge in [-0.3, -0.25) is 0 Å². The van der Waals surface area contributed by atoms with Crippen LogP contribution in [0.15, 0.2) is 22.7 Å². The zero-order valence-electron chi connectivity index (χ0n) is 8.13. The van der Waals surface area contributed by atoms with Crippen molar-refractivity contribution in [2.24, 2.45) is 0 Å². The predicted octanol–water partition coefficient (Wildman–Crippen LogP) is 2.91. The lowest BCUT2D eigenvalue weighted by molar-refractivity contribution is 0.218. The SMILES string of the molecule is COCCSCc1ccc(N)cc1Br. The van der Waals surface area contributed by atoms with Crippen LogP contribution in [-0.2, 0) is 10.5 Å². The number of methoxy groups -OCH3 is 1. The number of halogens is 1. The molecule has 0 radical (unpaired) electrons. The topological polar surface area (TPSA) is 35.2 Å². The Balaban J connectivity index is 2.42. The van der Waals surface area contributed by atoms with Crippen LogP contribution in [0, 0.1) is 0 Å². The van der Waals surface area contributed by atoms with Gasteiger partial charge >= 0.3 is 0 Å². The van der Waals surface area contributed by atoms with Crippen LogP contribution in [-0.4, -0.2) is 19.5 Å². The molecule has 2 N–H and O–H groups in total. The molecule has 0 unspecified atom stereocenters. The Hall–Kier alpha value is -0.190. The molecule has 0 atom stereocenters. The Kier molecular flexibility index (Phi) is 5.37. The van der Waals surface area contributed by atoms with Gasteiger partial charge in [0.25, 0.3) is 0 Å². The number of anilines is 1. The first-order valence-electron chi connectivity index (χ1n) is 4.34. The van der Waals surface area contributed by atoms with Gasteiger partial charge in [0.2, 0.25) is 0 Å². The molecule has 0 aromatic heterocycles. The van der Waals surface area contributed by atoms with Gasteiger partial charge in [-0.05, 0) is 17.7 Å². The molecule has 0 aliphatic carbocycles. The van der Waals surface area contributed by atoms with Crippen molar-refractivity contribution >= 4 is 33.4 Å². The number of nitrogens with two attached hydrogens (primary N) is 1. The minimum atomic E-state index is 0.794. The zero-order valence-corrected chi connectivity index (χ0v) is 10.5. The third kappa shape index (κ3) is 3.90. The lowest BCUT2D eigenvalue weighted by Gasteiger charge is -2.05. The van der Waals surface area contributed by atoms with Crippen LogP contribution >= 0.6 is 27.7 Å². The Morgan fingerprint density at radius 2 is 2.29 bits per heavy atom. The number of nitrogen functional groups attached to an aromatic ring is 1. The summed E-state index contributed by atoms with van der Waals surface area (Å²) in [6.45, 7) is 0.803. The standard InChI is InChI=1S/C10H14BrNOS/c1-13-4-5-14-7-8-2-3-9(12)6-10(8)11/h2-3,6H,4-5,7,12H2,1H3. The van der Waals surface area contributed by atoms with E-state index in [9.17, 15) is 0 Å².